The molecule has 8 heteroatoms. The van der Waals surface area contributed by atoms with Crippen LogP contribution in [0.25, 0.3) is 0 Å². The van der Waals surface area contributed by atoms with E-state index in [4.69, 9.17) is 4.74 Å². The van der Waals surface area contributed by atoms with Gasteiger partial charge in [-0.2, -0.15) is 0 Å². The third-order valence-corrected chi connectivity index (χ3v) is 5.70. The van der Waals surface area contributed by atoms with Gasteiger partial charge in [0.25, 0.3) is 5.91 Å². The number of fused-ring (bicyclic) bond motifs is 2. The van der Waals surface area contributed by atoms with Crippen LogP contribution in [-0.4, -0.2) is 42.1 Å². The first kappa shape index (κ1) is 21.4. The van der Waals surface area contributed by atoms with Crippen LogP contribution in [0.5, 0.6) is 0 Å². The Labute approximate surface area is 184 Å². The molecular weight excluding hydrogens is 412 g/mol. The Balaban J connectivity index is 1.41. The van der Waals surface area contributed by atoms with Crippen LogP contribution in [0.15, 0.2) is 42.5 Å². The fourth-order valence-corrected chi connectivity index (χ4v) is 4.16. The fraction of sp³-hybridized carbons (Fsp3) is 0.292. The number of ether oxygens (including phenoxy) is 1. The average Bonchev–Trinajstić information content (AvgIpc) is 2.81. The Morgan fingerprint density at radius 1 is 0.844 bits per heavy atom. The summed E-state index contributed by atoms with van der Waals surface area (Å²) >= 11 is 0. The summed E-state index contributed by atoms with van der Waals surface area (Å²) in [4.78, 5) is 62.3. The maximum atomic E-state index is 13.0. The van der Waals surface area contributed by atoms with Crippen molar-refractivity contribution in [3.05, 3.63) is 70.3 Å². The summed E-state index contributed by atoms with van der Waals surface area (Å²) in [6.45, 7) is -0.695. The second kappa shape index (κ2) is 9.13. The van der Waals surface area contributed by atoms with Crippen LogP contribution in [0.1, 0.15) is 74.3 Å². The van der Waals surface area contributed by atoms with Crippen molar-refractivity contribution in [3.8, 4) is 0 Å². The molecule has 2 N–H and O–H groups in total. The van der Waals surface area contributed by atoms with Gasteiger partial charge in [0.2, 0.25) is 0 Å². The van der Waals surface area contributed by atoms with Gasteiger partial charge >= 0.3 is 12.0 Å². The molecule has 1 saturated carbocycles. The number of hydrogen-bond donors (Lipinski definition) is 2. The molecule has 2 aliphatic rings. The van der Waals surface area contributed by atoms with Gasteiger partial charge in [0.05, 0.1) is 5.56 Å². The predicted octanol–water partition coefficient (Wildman–Crippen LogP) is 2.78. The van der Waals surface area contributed by atoms with Crippen LogP contribution in [0.2, 0.25) is 0 Å². The lowest BCUT2D eigenvalue weighted by Gasteiger charge is -2.22. The predicted molar refractivity (Wildman–Crippen MR) is 114 cm³/mol. The number of benzene rings is 2. The Hall–Kier alpha value is -3.81. The Morgan fingerprint density at radius 2 is 1.50 bits per heavy atom. The van der Waals surface area contributed by atoms with Crippen molar-refractivity contribution in [2.45, 2.75) is 38.1 Å². The molecule has 164 valence electrons. The summed E-state index contributed by atoms with van der Waals surface area (Å²) < 4.78 is 5.02. The van der Waals surface area contributed by atoms with Crippen LogP contribution in [0, 0.1) is 0 Å². The van der Waals surface area contributed by atoms with Crippen molar-refractivity contribution in [1.82, 2.24) is 10.6 Å². The largest absolute Gasteiger partial charge is 0.452 e. The number of carbonyl (C=O) groups excluding carboxylic acids is 5. The zero-order valence-electron chi connectivity index (χ0n) is 17.3. The first-order valence-electron chi connectivity index (χ1n) is 10.5. The topological polar surface area (TPSA) is 119 Å². The third kappa shape index (κ3) is 4.30. The van der Waals surface area contributed by atoms with Crippen molar-refractivity contribution in [1.29, 1.82) is 0 Å². The SMILES string of the molecule is O=C(COC(=O)c1cccc2c1C(=O)c1ccccc1C2=O)NC(=O)NC1CCCCC1. The number of imide groups is 1. The highest BCUT2D eigenvalue weighted by Gasteiger charge is 2.33. The number of urea groups is 1. The number of hydrogen-bond acceptors (Lipinski definition) is 6. The second-order valence-electron chi connectivity index (χ2n) is 7.86. The molecule has 0 radical (unpaired) electrons. The van der Waals surface area contributed by atoms with Gasteiger partial charge in [-0.05, 0) is 18.9 Å². The van der Waals surface area contributed by atoms with E-state index in [0.717, 1.165) is 32.1 Å². The molecule has 0 aromatic heterocycles. The van der Waals surface area contributed by atoms with E-state index in [2.05, 4.69) is 10.6 Å². The van der Waals surface area contributed by atoms with Gasteiger partial charge < -0.3 is 10.1 Å². The lowest BCUT2D eigenvalue weighted by Crippen LogP contribution is -2.46. The van der Waals surface area contributed by atoms with Crippen molar-refractivity contribution < 1.29 is 28.7 Å². The van der Waals surface area contributed by atoms with E-state index in [9.17, 15) is 24.0 Å². The minimum atomic E-state index is -0.926. The standard InChI is InChI=1S/C24H22N2O6/c27-19(26-24(31)25-14-7-2-1-3-8-14)13-32-23(30)18-12-6-11-17-20(18)22(29)16-10-5-4-9-15(16)21(17)28/h4-6,9-12,14H,1-3,7-8,13H2,(H2,25,26,27,31). The summed E-state index contributed by atoms with van der Waals surface area (Å²) in [5.74, 6) is -2.53. The number of nitrogens with one attached hydrogen (secondary N) is 2. The van der Waals surface area contributed by atoms with Gasteiger partial charge in [0.1, 0.15) is 0 Å². The summed E-state index contributed by atoms with van der Waals surface area (Å²) in [7, 11) is 0. The molecule has 0 atom stereocenters. The third-order valence-electron chi connectivity index (χ3n) is 5.70. The number of rotatable bonds is 4. The summed E-state index contributed by atoms with van der Waals surface area (Å²) in [6, 6.07) is 10.1. The number of esters is 1. The summed E-state index contributed by atoms with van der Waals surface area (Å²) in [5, 5.41) is 4.87. The molecule has 0 aliphatic heterocycles. The van der Waals surface area contributed by atoms with Gasteiger partial charge in [-0.25, -0.2) is 9.59 Å². The lowest BCUT2D eigenvalue weighted by molar-refractivity contribution is -0.123. The fourth-order valence-electron chi connectivity index (χ4n) is 4.16. The average molecular weight is 434 g/mol. The van der Waals surface area contributed by atoms with E-state index in [0.29, 0.717) is 0 Å². The highest BCUT2D eigenvalue weighted by molar-refractivity contribution is 6.30. The van der Waals surface area contributed by atoms with E-state index in [1.807, 2.05) is 0 Å². The molecule has 1 fully saturated rings. The maximum Gasteiger partial charge on any atom is 0.339 e. The molecule has 3 amide bonds. The van der Waals surface area contributed by atoms with E-state index in [1.54, 1.807) is 18.2 Å². The zero-order valence-corrected chi connectivity index (χ0v) is 17.3. The van der Waals surface area contributed by atoms with E-state index < -0.39 is 30.3 Å². The molecule has 0 saturated heterocycles. The Bertz CT molecular complexity index is 1120. The quantitative estimate of drug-likeness (QED) is 0.610. The van der Waals surface area contributed by atoms with Gasteiger partial charge in [0, 0.05) is 28.3 Å². The van der Waals surface area contributed by atoms with E-state index in [1.165, 1.54) is 24.3 Å². The minimum absolute atomic E-state index is 0.0290. The molecule has 2 aromatic rings. The van der Waals surface area contributed by atoms with E-state index in [-0.39, 0.29) is 39.6 Å². The van der Waals surface area contributed by atoms with Crippen LogP contribution in [0.4, 0.5) is 4.79 Å². The van der Waals surface area contributed by atoms with Gasteiger partial charge in [-0.3, -0.25) is 19.7 Å². The van der Waals surface area contributed by atoms with Gasteiger partial charge in [0.15, 0.2) is 18.2 Å². The van der Waals surface area contributed by atoms with Crippen LogP contribution >= 0.6 is 0 Å². The number of ketones is 2. The zero-order chi connectivity index (χ0) is 22.7. The molecule has 32 heavy (non-hydrogen) atoms. The van der Waals surface area contributed by atoms with Crippen LogP contribution in [-0.2, 0) is 9.53 Å². The second-order valence-corrected chi connectivity index (χ2v) is 7.86. The molecule has 4 rings (SSSR count). The van der Waals surface area contributed by atoms with Gasteiger partial charge in [-0.15, -0.1) is 0 Å². The molecular formula is C24H22N2O6. The summed E-state index contributed by atoms with van der Waals surface area (Å²) in [5.41, 5.74) is 0.451. The monoisotopic (exact) mass is 434 g/mol. The highest BCUT2D eigenvalue weighted by atomic mass is 16.5. The van der Waals surface area contributed by atoms with Crippen molar-refractivity contribution in [3.63, 3.8) is 0 Å². The van der Waals surface area contributed by atoms with Gasteiger partial charge in [-0.1, -0.05) is 55.7 Å². The minimum Gasteiger partial charge on any atom is -0.452 e. The molecule has 2 aromatic carbocycles. The first-order chi connectivity index (χ1) is 15.5. The maximum absolute atomic E-state index is 13.0. The summed E-state index contributed by atoms with van der Waals surface area (Å²) in [6.07, 6.45) is 4.93. The van der Waals surface area contributed by atoms with Crippen LogP contribution in [0.3, 0.4) is 0 Å². The Morgan fingerprint density at radius 3 is 2.22 bits per heavy atom. The molecule has 8 nitrogen and oxygen atoms in total. The van der Waals surface area contributed by atoms with Crippen molar-refractivity contribution in [2.24, 2.45) is 0 Å². The number of carbonyl (C=O) groups is 5. The molecule has 2 aliphatic carbocycles. The molecule has 0 bridgehead atoms. The normalized spacial score (nSPS) is 15.4. The lowest BCUT2D eigenvalue weighted by atomic mass is 9.82. The molecule has 0 spiro atoms. The molecule has 0 unspecified atom stereocenters. The number of amides is 3. The van der Waals surface area contributed by atoms with Crippen molar-refractivity contribution in [2.75, 3.05) is 6.61 Å². The van der Waals surface area contributed by atoms with Crippen LogP contribution < -0.4 is 10.6 Å². The highest BCUT2D eigenvalue weighted by Crippen LogP contribution is 2.29. The smallest absolute Gasteiger partial charge is 0.339 e. The molecule has 0 heterocycles. The van der Waals surface area contributed by atoms with Crippen molar-refractivity contribution >= 4 is 29.5 Å². The Kier molecular flexibility index (Phi) is 6.11. The van der Waals surface area contributed by atoms with E-state index >= 15 is 0 Å². The first-order valence-corrected chi connectivity index (χ1v) is 10.5.